The SMILES string of the molecule is Cc1cc(C)c2nc(-c3cc(NC(=O)c4ccc(C(F)(F)F)cc4C)ccc3Cl)cnc2c1. The first-order chi connectivity index (χ1) is 15.5. The van der Waals surface area contributed by atoms with Crippen LogP contribution in [-0.4, -0.2) is 15.9 Å². The number of halogens is 4. The van der Waals surface area contributed by atoms with E-state index in [2.05, 4.69) is 10.3 Å². The fourth-order valence-corrected chi connectivity index (χ4v) is 3.90. The summed E-state index contributed by atoms with van der Waals surface area (Å²) in [5.41, 5.74) is 4.72. The first-order valence-corrected chi connectivity index (χ1v) is 10.4. The number of carbonyl (C=O) groups excluding carboxylic acids is 1. The molecule has 33 heavy (non-hydrogen) atoms. The highest BCUT2D eigenvalue weighted by Gasteiger charge is 2.31. The van der Waals surface area contributed by atoms with Crippen molar-refractivity contribution in [3.63, 3.8) is 0 Å². The summed E-state index contributed by atoms with van der Waals surface area (Å²) in [7, 11) is 0. The number of aromatic nitrogens is 2. The Bertz CT molecular complexity index is 1400. The molecule has 0 aliphatic heterocycles. The lowest BCUT2D eigenvalue weighted by molar-refractivity contribution is -0.137. The molecule has 0 saturated heterocycles. The van der Waals surface area contributed by atoms with Gasteiger partial charge in [-0.1, -0.05) is 17.7 Å². The van der Waals surface area contributed by atoms with E-state index < -0.39 is 17.6 Å². The van der Waals surface area contributed by atoms with Crippen LogP contribution in [0.15, 0.2) is 54.7 Å². The summed E-state index contributed by atoms with van der Waals surface area (Å²) in [6.07, 6.45) is -2.85. The van der Waals surface area contributed by atoms with E-state index >= 15 is 0 Å². The minimum atomic E-state index is -4.47. The number of aryl methyl sites for hydroxylation is 3. The van der Waals surface area contributed by atoms with Gasteiger partial charge in [0.15, 0.2) is 0 Å². The molecule has 1 N–H and O–H groups in total. The third kappa shape index (κ3) is 4.68. The smallest absolute Gasteiger partial charge is 0.322 e. The van der Waals surface area contributed by atoms with Crippen LogP contribution in [0, 0.1) is 20.8 Å². The van der Waals surface area contributed by atoms with Crippen molar-refractivity contribution in [3.05, 3.63) is 87.6 Å². The molecular weight excluding hydrogens is 451 g/mol. The Morgan fingerprint density at radius 1 is 0.970 bits per heavy atom. The lowest BCUT2D eigenvalue weighted by atomic mass is 10.0. The average molecular weight is 470 g/mol. The first kappa shape index (κ1) is 22.7. The molecule has 3 aromatic carbocycles. The second-order valence-electron chi connectivity index (χ2n) is 7.88. The topological polar surface area (TPSA) is 54.9 Å². The van der Waals surface area contributed by atoms with Gasteiger partial charge < -0.3 is 5.32 Å². The Kier molecular flexibility index (Phi) is 5.84. The van der Waals surface area contributed by atoms with Gasteiger partial charge in [-0.15, -0.1) is 0 Å². The van der Waals surface area contributed by atoms with Gasteiger partial charge >= 0.3 is 6.18 Å². The second-order valence-corrected chi connectivity index (χ2v) is 8.29. The predicted molar refractivity (Wildman–Crippen MR) is 124 cm³/mol. The maximum Gasteiger partial charge on any atom is 0.416 e. The molecule has 1 heterocycles. The van der Waals surface area contributed by atoms with Gasteiger partial charge in [-0.25, -0.2) is 4.98 Å². The highest BCUT2D eigenvalue weighted by molar-refractivity contribution is 6.33. The number of carbonyl (C=O) groups is 1. The number of anilines is 1. The Balaban J connectivity index is 1.66. The zero-order chi connectivity index (χ0) is 23.9. The molecule has 0 spiro atoms. The number of nitrogens with one attached hydrogen (secondary N) is 1. The van der Waals surface area contributed by atoms with Crippen molar-refractivity contribution in [3.8, 4) is 11.3 Å². The molecule has 1 amide bonds. The molecule has 0 unspecified atom stereocenters. The van der Waals surface area contributed by atoms with Crippen molar-refractivity contribution >= 4 is 34.2 Å². The second kappa shape index (κ2) is 8.48. The quantitative estimate of drug-likeness (QED) is 0.346. The Morgan fingerprint density at radius 2 is 1.73 bits per heavy atom. The number of fused-ring (bicyclic) bond motifs is 1. The van der Waals surface area contributed by atoms with E-state index in [4.69, 9.17) is 16.6 Å². The van der Waals surface area contributed by atoms with Crippen LogP contribution in [0.3, 0.4) is 0 Å². The molecular formula is C25H19ClF3N3O. The molecule has 0 aliphatic carbocycles. The minimum Gasteiger partial charge on any atom is -0.322 e. The Labute approximate surface area is 193 Å². The van der Waals surface area contributed by atoms with Crippen LogP contribution in [0.1, 0.15) is 32.6 Å². The Morgan fingerprint density at radius 3 is 2.42 bits per heavy atom. The maximum atomic E-state index is 12.9. The number of nitrogens with zero attached hydrogens (tertiary/aromatic N) is 2. The molecule has 0 radical (unpaired) electrons. The van der Waals surface area contributed by atoms with Crippen molar-refractivity contribution in [2.45, 2.75) is 26.9 Å². The van der Waals surface area contributed by atoms with Crippen LogP contribution in [0.4, 0.5) is 18.9 Å². The predicted octanol–water partition coefficient (Wildman–Crippen LogP) is 7.15. The molecule has 0 bridgehead atoms. The normalized spacial score (nSPS) is 11.6. The molecule has 0 fully saturated rings. The lowest BCUT2D eigenvalue weighted by Gasteiger charge is -2.13. The zero-order valence-corrected chi connectivity index (χ0v) is 18.8. The van der Waals surface area contributed by atoms with Gasteiger partial charge in [0.05, 0.1) is 33.5 Å². The van der Waals surface area contributed by atoms with Crippen molar-refractivity contribution in [2.24, 2.45) is 0 Å². The highest BCUT2D eigenvalue weighted by Crippen LogP contribution is 2.32. The van der Waals surface area contributed by atoms with E-state index in [0.717, 1.165) is 34.3 Å². The van der Waals surface area contributed by atoms with Gasteiger partial charge in [-0.2, -0.15) is 13.2 Å². The van der Waals surface area contributed by atoms with E-state index in [1.165, 1.54) is 13.0 Å². The van der Waals surface area contributed by atoms with Crippen molar-refractivity contribution in [1.82, 2.24) is 9.97 Å². The fraction of sp³-hybridized carbons (Fsp3) is 0.160. The highest BCUT2D eigenvalue weighted by atomic mass is 35.5. The summed E-state index contributed by atoms with van der Waals surface area (Å²) >= 11 is 6.40. The summed E-state index contributed by atoms with van der Waals surface area (Å²) < 4.78 is 38.7. The number of benzene rings is 3. The largest absolute Gasteiger partial charge is 0.416 e. The van der Waals surface area contributed by atoms with Gasteiger partial charge in [-0.3, -0.25) is 9.78 Å². The molecule has 4 nitrogen and oxygen atoms in total. The number of hydrogen-bond acceptors (Lipinski definition) is 3. The van der Waals surface area contributed by atoms with Crippen LogP contribution in [0.5, 0.6) is 0 Å². The number of amides is 1. The van der Waals surface area contributed by atoms with Gasteiger partial charge in [0.25, 0.3) is 5.91 Å². The van der Waals surface area contributed by atoms with E-state index in [1.807, 2.05) is 26.0 Å². The molecule has 168 valence electrons. The van der Waals surface area contributed by atoms with Crippen molar-refractivity contribution < 1.29 is 18.0 Å². The molecule has 0 aliphatic rings. The fourth-order valence-electron chi connectivity index (χ4n) is 3.68. The van der Waals surface area contributed by atoms with Crippen LogP contribution in [-0.2, 0) is 6.18 Å². The van der Waals surface area contributed by atoms with Crippen molar-refractivity contribution in [1.29, 1.82) is 0 Å². The summed E-state index contributed by atoms with van der Waals surface area (Å²) in [4.78, 5) is 21.9. The van der Waals surface area contributed by atoms with Crippen LogP contribution in [0.25, 0.3) is 22.3 Å². The maximum absolute atomic E-state index is 12.9. The van der Waals surface area contributed by atoms with E-state index in [0.29, 0.717) is 22.0 Å². The standard InChI is InChI=1S/C25H19ClF3N3O/c1-13-8-15(3)23-21(9-13)30-12-22(32-23)19-11-17(5-7-20(19)26)31-24(33)18-6-4-16(10-14(18)2)25(27,28)29/h4-12H,1-3H3,(H,31,33). The summed E-state index contributed by atoms with van der Waals surface area (Å²) in [5, 5.41) is 3.15. The van der Waals surface area contributed by atoms with Gasteiger partial charge in [0.2, 0.25) is 0 Å². The van der Waals surface area contributed by atoms with Crippen LogP contribution in [0.2, 0.25) is 5.02 Å². The molecule has 4 aromatic rings. The van der Waals surface area contributed by atoms with Crippen LogP contribution < -0.4 is 5.32 Å². The Hall–Kier alpha value is -3.45. The summed E-state index contributed by atoms with van der Waals surface area (Å²) in [6, 6.07) is 11.9. The van der Waals surface area contributed by atoms with Crippen LogP contribution >= 0.6 is 11.6 Å². The molecule has 0 saturated carbocycles. The number of alkyl halides is 3. The van der Waals surface area contributed by atoms with E-state index in [9.17, 15) is 18.0 Å². The third-order valence-corrected chi connectivity index (χ3v) is 5.61. The molecule has 8 heteroatoms. The van der Waals surface area contributed by atoms with E-state index in [-0.39, 0.29) is 11.1 Å². The minimum absolute atomic E-state index is 0.149. The van der Waals surface area contributed by atoms with E-state index in [1.54, 1.807) is 24.4 Å². The third-order valence-electron chi connectivity index (χ3n) is 5.28. The number of rotatable bonds is 3. The summed E-state index contributed by atoms with van der Waals surface area (Å²) in [5.74, 6) is -0.523. The number of hydrogen-bond donors (Lipinski definition) is 1. The molecule has 1 aromatic heterocycles. The van der Waals surface area contributed by atoms with Gasteiger partial charge in [-0.05, 0) is 79.9 Å². The van der Waals surface area contributed by atoms with Gasteiger partial charge in [0.1, 0.15) is 0 Å². The average Bonchev–Trinajstić information content (AvgIpc) is 2.74. The summed E-state index contributed by atoms with van der Waals surface area (Å²) in [6.45, 7) is 5.41. The lowest BCUT2D eigenvalue weighted by Crippen LogP contribution is -2.15. The monoisotopic (exact) mass is 469 g/mol. The molecule has 4 rings (SSSR count). The first-order valence-electron chi connectivity index (χ1n) is 10.1. The zero-order valence-electron chi connectivity index (χ0n) is 18.0. The van der Waals surface area contributed by atoms with Gasteiger partial charge in [0, 0.05) is 16.8 Å². The molecule has 0 atom stereocenters. The van der Waals surface area contributed by atoms with Crippen molar-refractivity contribution in [2.75, 3.05) is 5.32 Å².